The van der Waals surface area contributed by atoms with Gasteiger partial charge in [-0.15, -0.1) is 0 Å². The van der Waals surface area contributed by atoms with E-state index in [4.69, 9.17) is 14.6 Å². The van der Waals surface area contributed by atoms with Gasteiger partial charge in [-0.05, 0) is 51.5 Å². The zero-order valence-electron chi connectivity index (χ0n) is 18.8. The number of ether oxygens (including phenoxy) is 2. The van der Waals surface area contributed by atoms with Gasteiger partial charge in [-0.25, -0.2) is 9.59 Å². The normalized spacial score (nSPS) is 11.4. The van der Waals surface area contributed by atoms with E-state index in [1.165, 1.54) is 0 Å². The van der Waals surface area contributed by atoms with Crippen LogP contribution in [0.4, 0.5) is 15.3 Å². The zero-order valence-corrected chi connectivity index (χ0v) is 18.8. The summed E-state index contributed by atoms with van der Waals surface area (Å²) < 4.78 is 11.2. The first-order chi connectivity index (χ1) is 15.2. The Balaban J connectivity index is 2.16. The summed E-state index contributed by atoms with van der Waals surface area (Å²) in [6.07, 6.45) is -1.77. The molecular formula is C23H30N4O5. The van der Waals surface area contributed by atoms with Gasteiger partial charge in [-0.2, -0.15) is 0 Å². The Morgan fingerprint density at radius 2 is 1.81 bits per heavy atom. The largest absolute Gasteiger partial charge is 0.489 e. The predicted octanol–water partition coefficient (Wildman–Crippen LogP) is 4.35. The number of nitrogens with zero attached hydrogens (tertiary/aromatic N) is 1. The lowest BCUT2D eigenvalue weighted by Crippen LogP contribution is -2.40. The molecule has 0 radical (unpaired) electrons. The van der Waals surface area contributed by atoms with Gasteiger partial charge in [0.1, 0.15) is 18.0 Å². The fourth-order valence-corrected chi connectivity index (χ4v) is 2.65. The lowest BCUT2D eigenvalue weighted by molar-refractivity contribution is 0.0563. The first-order valence-corrected chi connectivity index (χ1v) is 10.2. The molecule has 0 unspecified atom stereocenters. The van der Waals surface area contributed by atoms with Crippen molar-refractivity contribution in [2.45, 2.75) is 46.4 Å². The zero-order chi connectivity index (χ0) is 23.6. The quantitative estimate of drug-likeness (QED) is 0.374. The van der Waals surface area contributed by atoms with Gasteiger partial charge in [-0.1, -0.05) is 30.3 Å². The highest BCUT2D eigenvalue weighted by Gasteiger charge is 2.18. The minimum absolute atomic E-state index is 0.0503. The molecule has 0 fully saturated rings. The van der Waals surface area contributed by atoms with Crippen molar-refractivity contribution < 1.29 is 24.2 Å². The summed E-state index contributed by atoms with van der Waals surface area (Å²) in [5.74, 6) is 0.763. The van der Waals surface area contributed by atoms with Crippen LogP contribution in [0.25, 0.3) is 0 Å². The van der Waals surface area contributed by atoms with E-state index in [9.17, 15) is 9.59 Å². The molecule has 4 N–H and O–H groups in total. The fraction of sp³-hybridized carbons (Fsp3) is 0.348. The number of hydrogen-bond donors (Lipinski definition) is 4. The number of amides is 2. The maximum Gasteiger partial charge on any atom is 0.414 e. The van der Waals surface area contributed by atoms with Gasteiger partial charge in [0.05, 0.1) is 0 Å². The van der Waals surface area contributed by atoms with Gasteiger partial charge in [0, 0.05) is 24.3 Å². The van der Waals surface area contributed by atoms with E-state index in [2.05, 4.69) is 20.9 Å². The minimum atomic E-state index is -1.14. The number of anilines is 1. The maximum atomic E-state index is 12.1. The Morgan fingerprint density at radius 3 is 2.44 bits per heavy atom. The average Bonchev–Trinajstić information content (AvgIpc) is 2.71. The van der Waals surface area contributed by atoms with E-state index in [1.54, 1.807) is 39.0 Å². The van der Waals surface area contributed by atoms with Crippen molar-refractivity contribution in [2.24, 2.45) is 4.99 Å². The number of carboxylic acid groups (broad SMARTS) is 1. The van der Waals surface area contributed by atoms with Crippen LogP contribution < -0.4 is 20.7 Å². The number of benzene rings is 2. The van der Waals surface area contributed by atoms with E-state index in [-0.39, 0.29) is 12.5 Å². The van der Waals surface area contributed by atoms with Crippen molar-refractivity contribution in [1.82, 2.24) is 10.6 Å². The van der Waals surface area contributed by atoms with Crippen molar-refractivity contribution in [3.05, 3.63) is 59.7 Å². The number of guanidine groups is 1. The number of aliphatic imine (C=N–C) groups is 1. The van der Waals surface area contributed by atoms with Gasteiger partial charge in [0.25, 0.3) is 0 Å². The van der Waals surface area contributed by atoms with Gasteiger partial charge in [0.2, 0.25) is 5.96 Å². The van der Waals surface area contributed by atoms with Crippen molar-refractivity contribution in [3.63, 3.8) is 0 Å². The average molecular weight is 443 g/mol. The summed E-state index contributed by atoms with van der Waals surface area (Å²) in [7, 11) is 0. The molecule has 9 heteroatoms. The molecule has 0 aliphatic carbocycles. The first-order valence-electron chi connectivity index (χ1n) is 10.2. The summed E-state index contributed by atoms with van der Waals surface area (Å²) in [4.78, 5) is 27.3. The number of hydrogen-bond acceptors (Lipinski definition) is 5. The predicted molar refractivity (Wildman–Crippen MR) is 123 cm³/mol. The van der Waals surface area contributed by atoms with Crippen LogP contribution >= 0.6 is 0 Å². The van der Waals surface area contributed by atoms with Crippen LogP contribution in [0.5, 0.6) is 5.75 Å². The molecule has 0 aliphatic rings. The summed E-state index contributed by atoms with van der Waals surface area (Å²) in [6, 6.07) is 14.9. The smallest absolute Gasteiger partial charge is 0.414 e. The molecule has 0 saturated carbocycles. The number of rotatable bonds is 7. The van der Waals surface area contributed by atoms with Crippen molar-refractivity contribution in [1.29, 1.82) is 0 Å². The number of alkyl carbamates (subject to hydrolysis) is 1. The Morgan fingerprint density at radius 1 is 1.09 bits per heavy atom. The number of nitrogens with one attached hydrogen (secondary N) is 3. The molecule has 2 aromatic carbocycles. The van der Waals surface area contributed by atoms with Crippen LogP contribution in [0.2, 0.25) is 0 Å². The van der Waals surface area contributed by atoms with E-state index in [0.717, 1.165) is 5.56 Å². The molecule has 0 heterocycles. The molecule has 172 valence electrons. The van der Waals surface area contributed by atoms with E-state index < -0.39 is 17.8 Å². The Labute approximate surface area is 187 Å². The van der Waals surface area contributed by atoms with Gasteiger partial charge < -0.3 is 25.2 Å². The summed E-state index contributed by atoms with van der Waals surface area (Å²) in [6.45, 7) is 7.97. The van der Waals surface area contributed by atoms with Gasteiger partial charge in [0.15, 0.2) is 0 Å². The number of carbonyl (C=O) groups is 2. The second-order valence-electron chi connectivity index (χ2n) is 7.83. The molecule has 32 heavy (non-hydrogen) atoms. The SMILES string of the molecule is CCN=C(NC(=O)OC(C)(C)C)Nc1ccc(OCc2ccccc2)c(CNC(=O)O)c1. The van der Waals surface area contributed by atoms with Crippen LogP contribution in [0.15, 0.2) is 53.5 Å². The van der Waals surface area contributed by atoms with Gasteiger partial charge in [-0.3, -0.25) is 10.3 Å². The van der Waals surface area contributed by atoms with Crippen LogP contribution in [-0.4, -0.2) is 35.4 Å². The highest BCUT2D eigenvalue weighted by Crippen LogP contribution is 2.24. The van der Waals surface area contributed by atoms with Gasteiger partial charge >= 0.3 is 12.2 Å². The number of carbonyl (C=O) groups excluding carboxylic acids is 1. The first kappa shape index (κ1) is 24.5. The standard InChI is InChI=1S/C23H30N4O5/c1-5-24-20(27-22(30)32-23(2,3)4)26-18-11-12-19(17(13-18)14-25-21(28)29)31-15-16-9-7-6-8-10-16/h6-13,25H,5,14-15H2,1-4H3,(H,28,29)(H2,24,26,27,30). The highest BCUT2D eigenvalue weighted by molar-refractivity contribution is 6.02. The molecular weight excluding hydrogens is 412 g/mol. The molecule has 2 aromatic rings. The van der Waals surface area contributed by atoms with Crippen molar-refractivity contribution >= 4 is 23.8 Å². The lowest BCUT2D eigenvalue weighted by atomic mass is 10.1. The monoisotopic (exact) mass is 442 g/mol. The molecule has 0 aliphatic heterocycles. The minimum Gasteiger partial charge on any atom is -0.489 e. The second kappa shape index (κ2) is 11.6. The molecule has 2 rings (SSSR count). The molecule has 0 bridgehead atoms. The molecule has 0 aromatic heterocycles. The van der Waals surface area contributed by atoms with E-state index >= 15 is 0 Å². The van der Waals surface area contributed by atoms with Crippen molar-refractivity contribution in [2.75, 3.05) is 11.9 Å². The molecule has 0 spiro atoms. The molecule has 0 saturated heterocycles. The highest BCUT2D eigenvalue weighted by atomic mass is 16.6. The van der Waals surface area contributed by atoms with Crippen LogP contribution in [-0.2, 0) is 17.9 Å². The summed E-state index contributed by atoms with van der Waals surface area (Å²) in [5, 5.41) is 17.0. The topological polar surface area (TPSA) is 121 Å². The fourth-order valence-electron chi connectivity index (χ4n) is 2.65. The molecule has 0 atom stereocenters. The van der Waals surface area contributed by atoms with E-state index in [1.807, 2.05) is 37.3 Å². The lowest BCUT2D eigenvalue weighted by Gasteiger charge is -2.20. The Hall–Kier alpha value is -3.75. The van der Waals surface area contributed by atoms with Crippen molar-refractivity contribution in [3.8, 4) is 5.75 Å². The maximum absolute atomic E-state index is 12.1. The summed E-state index contributed by atoms with van der Waals surface area (Å²) >= 11 is 0. The van der Waals surface area contributed by atoms with E-state index in [0.29, 0.717) is 30.2 Å². The van der Waals surface area contributed by atoms with Crippen LogP contribution in [0.1, 0.15) is 38.8 Å². The van der Waals surface area contributed by atoms with Crippen LogP contribution in [0.3, 0.4) is 0 Å². The third-order valence-corrected chi connectivity index (χ3v) is 3.93. The molecule has 2 amide bonds. The second-order valence-corrected chi connectivity index (χ2v) is 7.83. The Kier molecular flexibility index (Phi) is 8.88. The molecule has 9 nitrogen and oxygen atoms in total. The summed E-state index contributed by atoms with van der Waals surface area (Å²) in [5.41, 5.74) is 1.57. The third kappa shape index (κ3) is 8.95. The Bertz CT molecular complexity index is 939. The third-order valence-electron chi connectivity index (χ3n) is 3.93. The van der Waals surface area contributed by atoms with Crippen LogP contribution in [0, 0.1) is 0 Å².